The van der Waals surface area contributed by atoms with E-state index in [2.05, 4.69) is 4.98 Å². The topological polar surface area (TPSA) is 53.1 Å². The molecule has 0 atom stereocenters. The summed E-state index contributed by atoms with van der Waals surface area (Å²) in [5.74, 6) is 0.264. The van der Waals surface area contributed by atoms with Gasteiger partial charge in [0, 0.05) is 11.3 Å². The van der Waals surface area contributed by atoms with Crippen LogP contribution in [0.25, 0.3) is 0 Å². The highest BCUT2D eigenvalue weighted by molar-refractivity contribution is 5.41. The van der Waals surface area contributed by atoms with Crippen molar-refractivity contribution in [2.24, 2.45) is 0 Å². The summed E-state index contributed by atoms with van der Waals surface area (Å²) in [6.07, 6.45) is 11.2. The fourth-order valence-electron chi connectivity index (χ4n) is 2.99. The highest BCUT2D eigenvalue weighted by Gasteiger charge is 2.14. The number of H-pyrrole nitrogens is 1. The van der Waals surface area contributed by atoms with E-state index in [1.807, 2.05) is 6.92 Å². The number of nitrogens with one attached hydrogen (secondary N) is 1. The van der Waals surface area contributed by atoms with Crippen LogP contribution < -0.4 is 5.56 Å². The zero-order valence-corrected chi connectivity index (χ0v) is 11.9. The average Bonchev–Trinajstić information content (AvgIpc) is 2.38. The minimum absolute atomic E-state index is 0.103. The molecule has 3 heteroatoms. The summed E-state index contributed by atoms with van der Waals surface area (Å²) in [6.45, 7) is 1.89. The molecule has 1 aliphatic carbocycles. The lowest BCUT2D eigenvalue weighted by atomic mass is 10.00. The Labute approximate surface area is 115 Å². The Morgan fingerprint density at radius 1 is 0.842 bits per heavy atom. The SMILES string of the molecule is Cc1[nH]c(=O)c2c(O)c1CCCCCCCCCC2. The van der Waals surface area contributed by atoms with Crippen molar-refractivity contribution in [3.05, 3.63) is 27.2 Å². The third-order valence-electron chi connectivity index (χ3n) is 4.20. The summed E-state index contributed by atoms with van der Waals surface area (Å²) in [4.78, 5) is 14.8. The van der Waals surface area contributed by atoms with E-state index >= 15 is 0 Å². The molecule has 0 unspecified atom stereocenters. The van der Waals surface area contributed by atoms with E-state index in [0.29, 0.717) is 12.0 Å². The van der Waals surface area contributed by atoms with Crippen molar-refractivity contribution in [2.75, 3.05) is 0 Å². The van der Waals surface area contributed by atoms with Gasteiger partial charge < -0.3 is 10.1 Å². The second kappa shape index (κ2) is 6.78. The lowest BCUT2D eigenvalue weighted by Crippen LogP contribution is -2.16. The van der Waals surface area contributed by atoms with Gasteiger partial charge in [-0.05, 0) is 32.6 Å². The lowest BCUT2D eigenvalue weighted by Gasteiger charge is -2.12. The van der Waals surface area contributed by atoms with Crippen molar-refractivity contribution in [3.63, 3.8) is 0 Å². The van der Waals surface area contributed by atoms with Crippen LogP contribution in [0.5, 0.6) is 5.75 Å². The van der Waals surface area contributed by atoms with Crippen molar-refractivity contribution in [1.29, 1.82) is 0 Å². The summed E-state index contributed by atoms with van der Waals surface area (Å²) < 4.78 is 0. The Hall–Kier alpha value is -1.25. The molecule has 0 amide bonds. The van der Waals surface area contributed by atoms with Crippen LogP contribution in [-0.2, 0) is 12.8 Å². The minimum atomic E-state index is -0.103. The zero-order chi connectivity index (χ0) is 13.7. The molecule has 1 aromatic rings. The predicted octanol–water partition coefficient (Wildman–Crippen LogP) is 3.61. The van der Waals surface area contributed by atoms with Crippen LogP contribution in [0, 0.1) is 6.92 Å². The number of pyridine rings is 1. The maximum absolute atomic E-state index is 11.9. The first kappa shape index (κ1) is 14.2. The standard InChI is InChI=1S/C16H25NO2/c1-12-13-10-8-6-4-2-3-5-7-9-11-14(15(13)18)16(19)17-12/h2-11H2,1H3,(H2,17,18,19). The van der Waals surface area contributed by atoms with Gasteiger partial charge in [0.1, 0.15) is 5.75 Å². The van der Waals surface area contributed by atoms with Gasteiger partial charge in [0.05, 0.1) is 5.56 Å². The number of hydrogen-bond donors (Lipinski definition) is 2. The van der Waals surface area contributed by atoms with Crippen molar-refractivity contribution in [2.45, 2.75) is 71.1 Å². The van der Waals surface area contributed by atoms with Crippen molar-refractivity contribution < 1.29 is 5.11 Å². The first-order valence-electron chi connectivity index (χ1n) is 7.63. The van der Waals surface area contributed by atoms with E-state index in [-0.39, 0.29) is 11.3 Å². The van der Waals surface area contributed by atoms with Crippen LogP contribution in [0.1, 0.15) is 68.2 Å². The molecular formula is C16H25NO2. The Kier molecular flexibility index (Phi) is 5.06. The molecule has 2 bridgehead atoms. The van der Waals surface area contributed by atoms with Gasteiger partial charge in [-0.1, -0.05) is 38.5 Å². The monoisotopic (exact) mass is 263 g/mol. The normalized spacial score (nSPS) is 18.2. The Morgan fingerprint density at radius 2 is 1.32 bits per heavy atom. The molecule has 106 valence electrons. The summed E-state index contributed by atoms with van der Waals surface area (Å²) in [5, 5.41) is 10.3. The van der Waals surface area contributed by atoms with E-state index in [0.717, 1.165) is 36.9 Å². The van der Waals surface area contributed by atoms with E-state index in [4.69, 9.17) is 0 Å². The molecule has 1 aliphatic rings. The first-order chi connectivity index (χ1) is 9.20. The molecule has 2 N–H and O–H groups in total. The Balaban J connectivity index is 2.26. The fourth-order valence-corrected chi connectivity index (χ4v) is 2.99. The van der Waals surface area contributed by atoms with E-state index in [1.54, 1.807) is 0 Å². The number of fused-ring (bicyclic) bond motifs is 2. The highest BCUT2D eigenvalue weighted by atomic mass is 16.3. The van der Waals surface area contributed by atoms with Crippen molar-refractivity contribution in [1.82, 2.24) is 4.98 Å². The van der Waals surface area contributed by atoms with E-state index < -0.39 is 0 Å². The van der Waals surface area contributed by atoms with E-state index in [9.17, 15) is 9.90 Å². The zero-order valence-electron chi connectivity index (χ0n) is 11.9. The van der Waals surface area contributed by atoms with E-state index in [1.165, 1.54) is 32.1 Å². The van der Waals surface area contributed by atoms with Crippen LogP contribution in [0.2, 0.25) is 0 Å². The first-order valence-corrected chi connectivity index (χ1v) is 7.63. The number of rotatable bonds is 0. The molecule has 0 aliphatic heterocycles. The molecule has 1 aromatic heterocycles. The number of aromatic nitrogens is 1. The van der Waals surface area contributed by atoms with Crippen LogP contribution in [-0.4, -0.2) is 10.1 Å². The molecule has 0 radical (unpaired) electrons. The molecule has 0 saturated carbocycles. The van der Waals surface area contributed by atoms with Gasteiger partial charge in [0.15, 0.2) is 0 Å². The van der Waals surface area contributed by atoms with Crippen molar-refractivity contribution >= 4 is 0 Å². The molecule has 2 rings (SSSR count). The second-order valence-electron chi connectivity index (χ2n) is 5.71. The lowest BCUT2D eigenvalue weighted by molar-refractivity contribution is 0.454. The maximum atomic E-state index is 11.9. The third kappa shape index (κ3) is 3.62. The summed E-state index contributed by atoms with van der Waals surface area (Å²) in [7, 11) is 0. The number of hydrogen-bond acceptors (Lipinski definition) is 2. The van der Waals surface area contributed by atoms with Crippen LogP contribution in [0.4, 0.5) is 0 Å². The van der Waals surface area contributed by atoms with Crippen LogP contribution >= 0.6 is 0 Å². The van der Waals surface area contributed by atoms with Gasteiger partial charge in [0.2, 0.25) is 0 Å². The quantitative estimate of drug-likeness (QED) is 0.751. The molecule has 3 nitrogen and oxygen atoms in total. The van der Waals surface area contributed by atoms with Crippen molar-refractivity contribution in [3.8, 4) is 5.75 Å². The molecule has 0 fully saturated rings. The molecule has 0 spiro atoms. The number of aryl methyl sites for hydroxylation is 1. The smallest absolute Gasteiger partial charge is 0.255 e. The number of aromatic amines is 1. The largest absolute Gasteiger partial charge is 0.507 e. The molecule has 0 saturated heterocycles. The maximum Gasteiger partial charge on any atom is 0.255 e. The molecule has 19 heavy (non-hydrogen) atoms. The fraction of sp³-hybridized carbons (Fsp3) is 0.688. The Morgan fingerprint density at radius 3 is 1.89 bits per heavy atom. The van der Waals surface area contributed by atoms with Gasteiger partial charge in [-0.15, -0.1) is 0 Å². The highest BCUT2D eigenvalue weighted by Crippen LogP contribution is 2.26. The third-order valence-corrected chi connectivity index (χ3v) is 4.20. The van der Waals surface area contributed by atoms with Gasteiger partial charge in [0.25, 0.3) is 5.56 Å². The van der Waals surface area contributed by atoms with Crippen LogP contribution in [0.3, 0.4) is 0 Å². The molecule has 1 heterocycles. The molecular weight excluding hydrogens is 238 g/mol. The van der Waals surface area contributed by atoms with Gasteiger partial charge >= 0.3 is 0 Å². The molecule has 0 aromatic carbocycles. The van der Waals surface area contributed by atoms with Gasteiger partial charge in [-0.25, -0.2) is 0 Å². The average molecular weight is 263 g/mol. The summed E-state index contributed by atoms with van der Waals surface area (Å²) in [5.41, 5.74) is 2.28. The van der Waals surface area contributed by atoms with Crippen LogP contribution in [0.15, 0.2) is 4.79 Å². The van der Waals surface area contributed by atoms with Gasteiger partial charge in [-0.2, -0.15) is 0 Å². The Bertz CT molecular complexity index is 476. The minimum Gasteiger partial charge on any atom is -0.507 e. The second-order valence-corrected chi connectivity index (χ2v) is 5.71. The predicted molar refractivity (Wildman–Crippen MR) is 77.8 cm³/mol. The summed E-state index contributed by atoms with van der Waals surface area (Å²) >= 11 is 0. The van der Waals surface area contributed by atoms with Gasteiger partial charge in [-0.3, -0.25) is 4.79 Å². The summed E-state index contributed by atoms with van der Waals surface area (Å²) in [6, 6.07) is 0. The number of aromatic hydroxyl groups is 1.